The van der Waals surface area contributed by atoms with E-state index in [1.807, 2.05) is 37.3 Å². The van der Waals surface area contributed by atoms with Crippen LogP contribution in [-0.2, 0) is 30.2 Å². The normalized spacial score (nSPS) is 12.9. The van der Waals surface area contributed by atoms with Gasteiger partial charge in [0.1, 0.15) is 18.1 Å². The van der Waals surface area contributed by atoms with E-state index in [1.54, 1.807) is 50.2 Å². The lowest BCUT2D eigenvalue weighted by molar-refractivity contribution is 0.210. The lowest BCUT2D eigenvalue weighted by Crippen LogP contribution is -2.30. The fourth-order valence-electron chi connectivity index (χ4n) is 3.28. The number of rotatable bonds is 12. The number of nitrogens with one attached hydrogen (secondary N) is 1. The molecular weight excluding hydrogens is 473 g/mol. The zero-order valence-electron chi connectivity index (χ0n) is 19.5. The highest BCUT2D eigenvalue weighted by Gasteiger charge is 2.40. The second kappa shape index (κ2) is 11.8. The summed E-state index contributed by atoms with van der Waals surface area (Å²) in [6.45, 7) is 5.80. The fourth-order valence-corrected chi connectivity index (χ4v) is 6.90. The predicted octanol–water partition coefficient (Wildman–Crippen LogP) is 5.82. The molecule has 182 valence electrons. The van der Waals surface area contributed by atoms with Gasteiger partial charge in [0.25, 0.3) is 0 Å². The van der Waals surface area contributed by atoms with Crippen LogP contribution in [0.15, 0.2) is 83.8 Å². The monoisotopic (exact) mass is 503 g/mol. The first-order valence-corrected chi connectivity index (χ1v) is 14.1. The topological polar surface area (TPSA) is 90.9 Å². The molecule has 0 saturated carbocycles. The Kier molecular flexibility index (Phi) is 9.05. The first-order chi connectivity index (χ1) is 16.3. The van der Waals surface area contributed by atoms with Crippen molar-refractivity contribution in [1.29, 1.82) is 0 Å². The molecule has 7 nitrogen and oxygen atoms in total. The number of benzene rings is 3. The molecule has 3 aromatic rings. The van der Waals surface area contributed by atoms with Crippen LogP contribution in [0.2, 0.25) is 0 Å². The maximum atomic E-state index is 13.7. The van der Waals surface area contributed by atoms with Crippen molar-refractivity contribution in [1.82, 2.24) is 4.72 Å². The Bertz CT molecular complexity index is 1190. The van der Waals surface area contributed by atoms with Crippen LogP contribution < -0.4 is 9.46 Å². The quantitative estimate of drug-likeness (QED) is 0.313. The molecule has 1 atom stereocenters. The Morgan fingerprint density at radius 1 is 0.853 bits per heavy atom. The van der Waals surface area contributed by atoms with Gasteiger partial charge in [-0.25, -0.2) is 8.42 Å². The summed E-state index contributed by atoms with van der Waals surface area (Å²) >= 11 is 0. The first kappa shape index (κ1) is 26.1. The molecule has 0 amide bonds. The van der Waals surface area contributed by atoms with E-state index in [0.29, 0.717) is 17.9 Å². The summed E-state index contributed by atoms with van der Waals surface area (Å²) < 4.78 is 59.3. The minimum atomic E-state index is -4.01. The number of sulfonamides is 1. The van der Waals surface area contributed by atoms with Gasteiger partial charge in [0.2, 0.25) is 10.0 Å². The van der Waals surface area contributed by atoms with Gasteiger partial charge in [0.05, 0.1) is 18.1 Å². The molecule has 3 rings (SSSR count). The van der Waals surface area contributed by atoms with Crippen LogP contribution in [0.1, 0.15) is 36.3 Å². The van der Waals surface area contributed by atoms with Crippen molar-refractivity contribution in [2.45, 2.75) is 38.1 Å². The molecule has 0 aliphatic heterocycles. The van der Waals surface area contributed by atoms with E-state index in [-0.39, 0.29) is 18.1 Å². The number of aryl methyl sites for hydroxylation is 1. The molecule has 3 aromatic carbocycles. The van der Waals surface area contributed by atoms with Gasteiger partial charge in [-0.3, -0.25) is 4.57 Å². The highest BCUT2D eigenvalue weighted by atomic mass is 32.2. The Labute approximate surface area is 201 Å². The molecule has 0 aliphatic carbocycles. The largest absolute Gasteiger partial charge is 0.489 e. The third-order valence-corrected chi connectivity index (χ3v) is 8.89. The van der Waals surface area contributed by atoms with Gasteiger partial charge in [-0.05, 0) is 56.2 Å². The Morgan fingerprint density at radius 3 is 2.00 bits per heavy atom. The Morgan fingerprint density at radius 2 is 1.44 bits per heavy atom. The van der Waals surface area contributed by atoms with Crippen LogP contribution >= 0.6 is 7.60 Å². The van der Waals surface area contributed by atoms with E-state index in [1.165, 1.54) is 12.1 Å². The molecule has 0 spiro atoms. The maximum Gasteiger partial charge on any atom is 0.352 e. The molecule has 1 N–H and O–H groups in total. The third kappa shape index (κ3) is 6.78. The lowest BCUT2D eigenvalue weighted by atomic mass is 10.2. The summed E-state index contributed by atoms with van der Waals surface area (Å²) in [5.41, 5.74) is 2.39. The van der Waals surface area contributed by atoms with E-state index in [9.17, 15) is 13.0 Å². The molecular formula is C25H30NO6PS. The Hall–Kier alpha value is -2.48. The summed E-state index contributed by atoms with van der Waals surface area (Å²) in [5, 5.41) is 0. The van der Waals surface area contributed by atoms with Gasteiger partial charge in [-0.15, -0.1) is 0 Å². The minimum absolute atomic E-state index is 0.0606. The minimum Gasteiger partial charge on any atom is -0.489 e. The predicted molar refractivity (Wildman–Crippen MR) is 132 cm³/mol. The van der Waals surface area contributed by atoms with E-state index in [0.717, 1.165) is 11.1 Å². The second-order valence-corrected chi connectivity index (χ2v) is 11.4. The van der Waals surface area contributed by atoms with Crippen LogP contribution in [0.3, 0.4) is 0 Å². The van der Waals surface area contributed by atoms with Gasteiger partial charge in [-0.2, -0.15) is 4.72 Å². The molecule has 0 saturated heterocycles. The zero-order chi connectivity index (χ0) is 24.6. The van der Waals surface area contributed by atoms with Crippen molar-refractivity contribution in [2.24, 2.45) is 0 Å². The summed E-state index contributed by atoms with van der Waals surface area (Å²) in [7, 11) is -7.90. The van der Waals surface area contributed by atoms with Crippen LogP contribution in [0.4, 0.5) is 0 Å². The molecule has 1 unspecified atom stereocenters. The van der Waals surface area contributed by atoms with Crippen molar-refractivity contribution in [2.75, 3.05) is 13.2 Å². The third-order valence-electron chi connectivity index (χ3n) is 4.98. The van der Waals surface area contributed by atoms with Gasteiger partial charge < -0.3 is 13.8 Å². The van der Waals surface area contributed by atoms with Crippen molar-refractivity contribution in [3.05, 3.63) is 95.6 Å². The SMILES string of the molecule is CCOP(=O)(OCC)C(NS(=O)(=O)c1ccc(C)cc1)c1ccc(OCc2ccccc2)cc1. The number of hydrogen-bond donors (Lipinski definition) is 1. The van der Waals surface area contributed by atoms with Crippen molar-refractivity contribution >= 4 is 17.6 Å². The van der Waals surface area contributed by atoms with E-state index < -0.39 is 23.4 Å². The van der Waals surface area contributed by atoms with Gasteiger partial charge >= 0.3 is 7.60 Å². The molecule has 0 aromatic heterocycles. The summed E-state index contributed by atoms with van der Waals surface area (Å²) in [4.78, 5) is 0.0606. The van der Waals surface area contributed by atoms with Crippen molar-refractivity contribution in [3.8, 4) is 5.75 Å². The van der Waals surface area contributed by atoms with E-state index in [4.69, 9.17) is 13.8 Å². The van der Waals surface area contributed by atoms with Gasteiger partial charge in [0, 0.05) is 0 Å². The van der Waals surface area contributed by atoms with E-state index in [2.05, 4.69) is 4.72 Å². The van der Waals surface area contributed by atoms with Gasteiger partial charge in [0.15, 0.2) is 0 Å². The summed E-state index contributed by atoms with van der Waals surface area (Å²) in [5.74, 6) is -0.641. The molecule has 0 radical (unpaired) electrons. The molecule has 0 heterocycles. The van der Waals surface area contributed by atoms with Crippen LogP contribution in [0.25, 0.3) is 0 Å². The average molecular weight is 504 g/mol. The van der Waals surface area contributed by atoms with Gasteiger partial charge in [-0.1, -0.05) is 60.2 Å². The van der Waals surface area contributed by atoms with Crippen LogP contribution in [0.5, 0.6) is 5.75 Å². The lowest BCUT2D eigenvalue weighted by Gasteiger charge is -2.27. The summed E-state index contributed by atoms with van der Waals surface area (Å²) in [6.07, 6.45) is 0. The Balaban J connectivity index is 1.90. The fraction of sp³-hybridized carbons (Fsp3) is 0.280. The van der Waals surface area contributed by atoms with E-state index >= 15 is 0 Å². The first-order valence-electron chi connectivity index (χ1n) is 11.0. The average Bonchev–Trinajstić information content (AvgIpc) is 2.83. The molecule has 34 heavy (non-hydrogen) atoms. The summed E-state index contributed by atoms with van der Waals surface area (Å²) in [6, 6.07) is 22.9. The zero-order valence-corrected chi connectivity index (χ0v) is 21.2. The maximum absolute atomic E-state index is 13.7. The van der Waals surface area contributed by atoms with Crippen LogP contribution in [-0.4, -0.2) is 21.6 Å². The standard InChI is InChI=1S/C25H30NO6PS/c1-4-31-33(27,32-5-2)25(26-34(28,29)24-17-11-20(3)12-18-24)22-13-15-23(16-14-22)30-19-21-9-7-6-8-10-21/h6-18,25-26H,4-5,19H2,1-3H3. The highest BCUT2D eigenvalue weighted by Crippen LogP contribution is 2.60. The molecule has 9 heteroatoms. The smallest absolute Gasteiger partial charge is 0.352 e. The highest BCUT2D eigenvalue weighted by molar-refractivity contribution is 7.89. The molecule has 0 aliphatic rings. The van der Waals surface area contributed by atoms with Crippen molar-refractivity contribution in [3.63, 3.8) is 0 Å². The van der Waals surface area contributed by atoms with Crippen LogP contribution in [0, 0.1) is 6.92 Å². The van der Waals surface area contributed by atoms with Crippen molar-refractivity contribution < 1.29 is 26.8 Å². The second-order valence-electron chi connectivity index (χ2n) is 7.56. The molecule has 0 fully saturated rings. The molecule has 0 bridgehead atoms. The number of hydrogen-bond acceptors (Lipinski definition) is 6. The number of ether oxygens (including phenoxy) is 1.